The van der Waals surface area contributed by atoms with Gasteiger partial charge in [0.15, 0.2) is 6.61 Å². The van der Waals surface area contributed by atoms with Gasteiger partial charge in [-0.3, -0.25) is 4.79 Å². The van der Waals surface area contributed by atoms with Gasteiger partial charge in [0.05, 0.1) is 12.2 Å². The Bertz CT molecular complexity index is 704. The van der Waals surface area contributed by atoms with Gasteiger partial charge in [-0.25, -0.2) is 0 Å². The summed E-state index contributed by atoms with van der Waals surface area (Å²) in [6.07, 6.45) is 0. The molecule has 0 saturated heterocycles. The van der Waals surface area contributed by atoms with Crippen LogP contribution < -0.4 is 15.0 Å². The van der Waals surface area contributed by atoms with Gasteiger partial charge in [0.25, 0.3) is 5.91 Å². The molecule has 0 radical (unpaired) electrons. The van der Waals surface area contributed by atoms with Crippen LogP contribution >= 0.6 is 11.3 Å². The van der Waals surface area contributed by atoms with Gasteiger partial charge in [-0.2, -0.15) is 0 Å². The highest BCUT2D eigenvalue weighted by Gasteiger charge is 2.22. The summed E-state index contributed by atoms with van der Waals surface area (Å²) in [5.41, 5.74) is 1.66. The molecule has 0 fully saturated rings. The molecule has 7 nitrogen and oxygen atoms in total. The molecule has 1 N–H and O–H groups in total. The molecule has 0 atom stereocenters. The molecule has 8 heteroatoms. The summed E-state index contributed by atoms with van der Waals surface area (Å²) in [5.74, 6) is 0.659. The number of nitrogens with zero attached hydrogens (tertiary/aromatic N) is 3. The van der Waals surface area contributed by atoms with E-state index in [1.807, 2.05) is 25.1 Å². The highest BCUT2D eigenvalue weighted by atomic mass is 32.1. The second-order valence-electron chi connectivity index (χ2n) is 5.00. The molecule has 1 amide bonds. The minimum absolute atomic E-state index is 0.0562. The number of amides is 1. The number of carbonyl (C=O) groups excluding carboxylic acids is 1. The number of ether oxygens (including phenoxy) is 2. The SMILES string of the molecule is CCOCc1nnc(CNc2ccc3c(c2)N(C)C(=O)CO3)s1. The Morgan fingerprint density at radius 2 is 2.22 bits per heavy atom. The second-order valence-corrected chi connectivity index (χ2v) is 6.15. The lowest BCUT2D eigenvalue weighted by Gasteiger charge is -2.26. The molecule has 1 aliphatic rings. The van der Waals surface area contributed by atoms with Crippen LogP contribution in [0.3, 0.4) is 0 Å². The van der Waals surface area contributed by atoms with Crippen molar-refractivity contribution < 1.29 is 14.3 Å². The van der Waals surface area contributed by atoms with Crippen molar-refractivity contribution in [3.63, 3.8) is 0 Å². The molecule has 1 aromatic heterocycles. The van der Waals surface area contributed by atoms with Gasteiger partial charge < -0.3 is 19.7 Å². The first-order valence-corrected chi connectivity index (χ1v) is 8.15. The first-order valence-electron chi connectivity index (χ1n) is 7.33. The average molecular weight is 334 g/mol. The average Bonchev–Trinajstić information content (AvgIpc) is 3.02. The van der Waals surface area contributed by atoms with Crippen molar-refractivity contribution in [1.82, 2.24) is 10.2 Å². The van der Waals surface area contributed by atoms with Crippen LogP contribution in [0.15, 0.2) is 18.2 Å². The predicted octanol–water partition coefficient (Wildman–Crippen LogP) is 2.04. The maximum Gasteiger partial charge on any atom is 0.264 e. The molecule has 0 unspecified atom stereocenters. The molecule has 23 heavy (non-hydrogen) atoms. The van der Waals surface area contributed by atoms with Crippen molar-refractivity contribution in [3.8, 4) is 5.75 Å². The van der Waals surface area contributed by atoms with Crippen LogP contribution in [0.2, 0.25) is 0 Å². The van der Waals surface area contributed by atoms with Crippen LogP contribution in [-0.2, 0) is 22.7 Å². The van der Waals surface area contributed by atoms with E-state index < -0.39 is 0 Å². The monoisotopic (exact) mass is 334 g/mol. The maximum atomic E-state index is 11.7. The van der Waals surface area contributed by atoms with Crippen LogP contribution in [0.4, 0.5) is 11.4 Å². The van der Waals surface area contributed by atoms with Gasteiger partial charge in [-0.1, -0.05) is 11.3 Å². The summed E-state index contributed by atoms with van der Waals surface area (Å²) in [7, 11) is 1.75. The van der Waals surface area contributed by atoms with Crippen LogP contribution in [0.5, 0.6) is 5.75 Å². The molecule has 1 aromatic carbocycles. The van der Waals surface area contributed by atoms with Crippen molar-refractivity contribution in [2.75, 3.05) is 30.5 Å². The number of benzene rings is 1. The Morgan fingerprint density at radius 1 is 1.39 bits per heavy atom. The Morgan fingerprint density at radius 3 is 3.04 bits per heavy atom. The van der Waals surface area contributed by atoms with Crippen molar-refractivity contribution >= 4 is 28.6 Å². The third-order valence-corrected chi connectivity index (χ3v) is 4.32. The minimum atomic E-state index is -0.0562. The van der Waals surface area contributed by atoms with Crippen molar-refractivity contribution in [2.24, 2.45) is 0 Å². The number of hydrogen-bond donors (Lipinski definition) is 1. The zero-order valence-corrected chi connectivity index (χ0v) is 13.9. The van der Waals surface area contributed by atoms with Crippen LogP contribution in [0.25, 0.3) is 0 Å². The quantitative estimate of drug-likeness (QED) is 0.871. The smallest absolute Gasteiger partial charge is 0.264 e. The minimum Gasteiger partial charge on any atom is -0.482 e. The normalized spacial score (nSPS) is 13.7. The summed E-state index contributed by atoms with van der Waals surface area (Å²) < 4.78 is 10.7. The zero-order valence-electron chi connectivity index (χ0n) is 13.0. The molecule has 3 rings (SSSR count). The zero-order chi connectivity index (χ0) is 16.2. The lowest BCUT2D eigenvalue weighted by molar-refractivity contribution is -0.120. The number of anilines is 2. The Labute approximate surface area is 138 Å². The Hall–Kier alpha value is -2.19. The highest BCUT2D eigenvalue weighted by Crippen LogP contribution is 2.33. The maximum absolute atomic E-state index is 11.7. The van der Waals surface area contributed by atoms with E-state index in [0.29, 0.717) is 25.5 Å². The van der Waals surface area contributed by atoms with Crippen LogP contribution in [0.1, 0.15) is 16.9 Å². The van der Waals surface area contributed by atoms with Crippen molar-refractivity contribution in [2.45, 2.75) is 20.1 Å². The first kappa shape index (κ1) is 15.7. The van der Waals surface area contributed by atoms with Gasteiger partial charge >= 0.3 is 0 Å². The lowest BCUT2D eigenvalue weighted by Crippen LogP contribution is -2.35. The molecule has 2 heterocycles. The Balaban J connectivity index is 1.64. The van der Waals surface area contributed by atoms with Gasteiger partial charge in [-0.15, -0.1) is 10.2 Å². The molecule has 1 aliphatic heterocycles. The predicted molar refractivity (Wildman–Crippen MR) is 87.9 cm³/mol. The first-order chi connectivity index (χ1) is 11.2. The molecule has 0 spiro atoms. The molecule has 2 aromatic rings. The van der Waals surface area contributed by atoms with Gasteiger partial charge in [0, 0.05) is 19.3 Å². The van der Waals surface area contributed by atoms with Crippen molar-refractivity contribution in [3.05, 3.63) is 28.2 Å². The van der Waals surface area contributed by atoms with Gasteiger partial charge in [-0.05, 0) is 25.1 Å². The fourth-order valence-corrected chi connectivity index (χ4v) is 2.89. The van der Waals surface area contributed by atoms with E-state index >= 15 is 0 Å². The van der Waals surface area contributed by atoms with E-state index in [0.717, 1.165) is 21.4 Å². The van der Waals surface area contributed by atoms with E-state index in [2.05, 4.69) is 15.5 Å². The van der Waals surface area contributed by atoms with Crippen molar-refractivity contribution in [1.29, 1.82) is 0 Å². The molecule has 0 saturated carbocycles. The van der Waals surface area contributed by atoms with E-state index in [-0.39, 0.29) is 12.5 Å². The topological polar surface area (TPSA) is 76.6 Å². The summed E-state index contributed by atoms with van der Waals surface area (Å²) in [5, 5.41) is 13.3. The molecular weight excluding hydrogens is 316 g/mol. The summed E-state index contributed by atoms with van der Waals surface area (Å²) >= 11 is 1.52. The van der Waals surface area contributed by atoms with Crippen LogP contribution in [-0.4, -0.2) is 36.4 Å². The number of carbonyl (C=O) groups is 1. The summed E-state index contributed by atoms with van der Waals surface area (Å²) in [6, 6.07) is 5.68. The highest BCUT2D eigenvalue weighted by molar-refractivity contribution is 7.11. The number of rotatable bonds is 6. The lowest BCUT2D eigenvalue weighted by atomic mass is 10.2. The molecular formula is C15H18N4O3S. The van der Waals surface area contributed by atoms with E-state index in [9.17, 15) is 4.79 Å². The largest absolute Gasteiger partial charge is 0.482 e. The molecule has 0 bridgehead atoms. The molecule has 122 valence electrons. The number of aromatic nitrogens is 2. The van der Waals surface area contributed by atoms with Gasteiger partial charge in [0.1, 0.15) is 22.4 Å². The fourth-order valence-electron chi connectivity index (χ4n) is 2.17. The number of hydrogen-bond acceptors (Lipinski definition) is 7. The number of nitrogens with one attached hydrogen (secondary N) is 1. The van der Waals surface area contributed by atoms with Gasteiger partial charge in [0.2, 0.25) is 0 Å². The standard InChI is InChI=1S/C15H18N4O3S/c1-3-21-8-14-18-17-13(23-14)7-16-10-4-5-12-11(6-10)19(2)15(20)9-22-12/h4-6,16H,3,7-9H2,1-2H3. The van der Waals surface area contributed by atoms with E-state index in [1.165, 1.54) is 11.3 Å². The Kier molecular flexibility index (Phi) is 4.73. The second kappa shape index (κ2) is 6.93. The third-order valence-electron chi connectivity index (χ3n) is 3.43. The fraction of sp³-hybridized carbons (Fsp3) is 0.400. The van der Waals surface area contributed by atoms with E-state index in [4.69, 9.17) is 9.47 Å². The third kappa shape index (κ3) is 3.59. The van der Waals surface area contributed by atoms with E-state index in [1.54, 1.807) is 11.9 Å². The number of fused-ring (bicyclic) bond motifs is 1. The van der Waals surface area contributed by atoms with Crippen LogP contribution in [0, 0.1) is 0 Å². The summed E-state index contributed by atoms with van der Waals surface area (Å²) in [4.78, 5) is 13.3. The summed E-state index contributed by atoms with van der Waals surface area (Å²) in [6.45, 7) is 3.77. The molecule has 0 aliphatic carbocycles. The number of likely N-dealkylation sites (N-methyl/N-ethyl adjacent to an activating group) is 1.